The zero-order valence-corrected chi connectivity index (χ0v) is 18.7. The molecular formula is C22H27N3O3S2. The van der Waals surface area contributed by atoms with Gasteiger partial charge in [0.1, 0.15) is 5.00 Å². The van der Waals surface area contributed by atoms with Gasteiger partial charge in [0.25, 0.3) is 0 Å². The number of hydrogen-bond acceptors (Lipinski definition) is 5. The van der Waals surface area contributed by atoms with Crippen LogP contribution in [0.3, 0.4) is 0 Å². The topological polar surface area (TPSA) is 70.7 Å². The zero-order valence-electron chi connectivity index (χ0n) is 17.1. The van der Waals surface area contributed by atoms with E-state index in [4.69, 9.17) is 17.0 Å². The second-order valence-corrected chi connectivity index (χ2v) is 8.60. The van der Waals surface area contributed by atoms with Gasteiger partial charge < -0.3 is 20.3 Å². The maximum Gasteiger partial charge on any atom is 0.341 e. The highest BCUT2D eigenvalue weighted by Gasteiger charge is 2.20. The lowest BCUT2D eigenvalue weighted by Crippen LogP contribution is -2.32. The van der Waals surface area contributed by atoms with Gasteiger partial charge >= 0.3 is 5.97 Å². The number of likely N-dealkylation sites (tertiary alicyclic amines) is 1. The van der Waals surface area contributed by atoms with E-state index in [1.807, 2.05) is 29.2 Å². The second-order valence-electron chi connectivity index (χ2n) is 7.06. The van der Waals surface area contributed by atoms with Gasteiger partial charge in [-0.1, -0.05) is 30.3 Å². The molecule has 2 N–H and O–H groups in total. The number of esters is 1. The Labute approximate surface area is 186 Å². The molecule has 1 aromatic carbocycles. The Morgan fingerprint density at radius 1 is 1.30 bits per heavy atom. The summed E-state index contributed by atoms with van der Waals surface area (Å²) in [5, 5.41) is 7.46. The van der Waals surface area contributed by atoms with Crippen molar-refractivity contribution in [2.24, 2.45) is 0 Å². The van der Waals surface area contributed by atoms with Gasteiger partial charge in [0, 0.05) is 37.4 Å². The average Bonchev–Trinajstić information content (AvgIpc) is 3.32. The van der Waals surface area contributed by atoms with Gasteiger partial charge in [0.2, 0.25) is 5.91 Å². The van der Waals surface area contributed by atoms with Crippen molar-refractivity contribution in [3.05, 3.63) is 52.4 Å². The van der Waals surface area contributed by atoms with E-state index in [0.29, 0.717) is 35.2 Å². The number of anilines is 1. The van der Waals surface area contributed by atoms with E-state index in [1.54, 1.807) is 6.92 Å². The molecule has 0 atom stereocenters. The van der Waals surface area contributed by atoms with Crippen molar-refractivity contribution in [1.29, 1.82) is 0 Å². The largest absolute Gasteiger partial charge is 0.462 e. The molecule has 3 rings (SSSR count). The van der Waals surface area contributed by atoms with Crippen LogP contribution in [0.25, 0.3) is 0 Å². The number of benzene rings is 1. The van der Waals surface area contributed by atoms with Crippen molar-refractivity contribution in [2.45, 2.75) is 32.6 Å². The Morgan fingerprint density at radius 2 is 2.10 bits per heavy atom. The van der Waals surface area contributed by atoms with Gasteiger partial charge in [-0.3, -0.25) is 4.79 Å². The highest BCUT2D eigenvalue weighted by atomic mass is 32.1. The fraction of sp³-hybridized carbons (Fsp3) is 0.409. The number of thiophene rings is 1. The van der Waals surface area contributed by atoms with Gasteiger partial charge in [0.05, 0.1) is 12.2 Å². The lowest BCUT2D eigenvalue weighted by molar-refractivity contribution is -0.127. The summed E-state index contributed by atoms with van der Waals surface area (Å²) >= 11 is 6.91. The standard InChI is InChI=1S/C22H27N3O3S2/c1-2-28-21(27)18-15-17(14-16-8-4-3-5-9-16)30-20(18)24-22(29)23-11-7-13-25-12-6-10-19(25)26/h3-5,8-9,15H,2,6-7,10-14H2,1H3,(H2,23,24,29). The second kappa shape index (κ2) is 11.1. The van der Waals surface area contributed by atoms with Crippen molar-refractivity contribution in [3.8, 4) is 0 Å². The van der Waals surface area contributed by atoms with E-state index in [0.717, 1.165) is 37.2 Å². The van der Waals surface area contributed by atoms with Crippen LogP contribution < -0.4 is 10.6 Å². The first-order valence-corrected chi connectivity index (χ1v) is 11.5. The number of thiocarbonyl (C=S) groups is 1. The summed E-state index contributed by atoms with van der Waals surface area (Å²) in [5.41, 5.74) is 1.68. The number of ether oxygens (including phenoxy) is 1. The number of nitrogens with zero attached hydrogens (tertiary/aromatic N) is 1. The zero-order chi connectivity index (χ0) is 21.3. The molecule has 1 aliphatic heterocycles. The summed E-state index contributed by atoms with van der Waals surface area (Å²) in [5.74, 6) is -0.120. The van der Waals surface area contributed by atoms with E-state index < -0.39 is 0 Å². The van der Waals surface area contributed by atoms with E-state index in [-0.39, 0.29) is 11.9 Å². The Bertz CT molecular complexity index is 883. The lowest BCUT2D eigenvalue weighted by Gasteiger charge is -2.16. The highest BCUT2D eigenvalue weighted by molar-refractivity contribution is 7.80. The van der Waals surface area contributed by atoms with Gasteiger partial charge in [-0.2, -0.15) is 0 Å². The Hall–Kier alpha value is -2.45. The van der Waals surface area contributed by atoms with Crippen LogP contribution in [0, 0.1) is 0 Å². The summed E-state index contributed by atoms with van der Waals surface area (Å²) in [6.07, 6.45) is 3.17. The number of carbonyl (C=O) groups excluding carboxylic acids is 2. The molecule has 0 spiro atoms. The smallest absolute Gasteiger partial charge is 0.341 e. The third-order valence-electron chi connectivity index (χ3n) is 4.79. The Morgan fingerprint density at radius 3 is 2.80 bits per heavy atom. The molecule has 160 valence electrons. The SMILES string of the molecule is CCOC(=O)c1cc(Cc2ccccc2)sc1NC(=S)NCCCN1CCCC1=O. The third kappa shape index (κ3) is 6.27. The molecule has 1 aromatic heterocycles. The van der Waals surface area contributed by atoms with Crippen molar-refractivity contribution in [1.82, 2.24) is 10.2 Å². The quantitative estimate of drug-likeness (QED) is 0.347. The monoisotopic (exact) mass is 445 g/mol. The van der Waals surface area contributed by atoms with Crippen molar-refractivity contribution in [2.75, 3.05) is 31.6 Å². The number of rotatable bonds is 9. The van der Waals surface area contributed by atoms with Crippen LogP contribution in [-0.2, 0) is 16.0 Å². The molecule has 1 saturated heterocycles. The first-order chi connectivity index (χ1) is 14.6. The van der Waals surface area contributed by atoms with Crippen LogP contribution in [0.15, 0.2) is 36.4 Å². The summed E-state index contributed by atoms with van der Waals surface area (Å²) < 4.78 is 5.21. The lowest BCUT2D eigenvalue weighted by atomic mass is 10.1. The van der Waals surface area contributed by atoms with Gasteiger partial charge in [-0.05, 0) is 43.6 Å². The number of nitrogens with one attached hydrogen (secondary N) is 2. The first-order valence-electron chi connectivity index (χ1n) is 10.2. The molecule has 0 bridgehead atoms. The number of carbonyl (C=O) groups is 2. The van der Waals surface area contributed by atoms with Crippen molar-refractivity contribution >= 4 is 45.5 Å². The van der Waals surface area contributed by atoms with Gasteiger partial charge in [-0.15, -0.1) is 11.3 Å². The predicted molar refractivity (Wildman–Crippen MR) is 124 cm³/mol. The third-order valence-corrected chi connectivity index (χ3v) is 6.09. The van der Waals surface area contributed by atoms with Crippen LogP contribution in [0.4, 0.5) is 5.00 Å². The highest BCUT2D eigenvalue weighted by Crippen LogP contribution is 2.30. The van der Waals surface area contributed by atoms with Crippen molar-refractivity contribution < 1.29 is 14.3 Å². The molecule has 30 heavy (non-hydrogen) atoms. The van der Waals surface area contributed by atoms with E-state index in [1.165, 1.54) is 16.9 Å². The molecule has 0 radical (unpaired) electrons. The molecule has 6 nitrogen and oxygen atoms in total. The molecule has 8 heteroatoms. The molecule has 0 saturated carbocycles. The average molecular weight is 446 g/mol. The Balaban J connectivity index is 1.57. The summed E-state index contributed by atoms with van der Waals surface area (Å²) in [6, 6.07) is 12.0. The summed E-state index contributed by atoms with van der Waals surface area (Å²) in [6.45, 7) is 4.36. The van der Waals surface area contributed by atoms with Crippen LogP contribution >= 0.6 is 23.6 Å². The minimum Gasteiger partial charge on any atom is -0.462 e. The molecular weight excluding hydrogens is 418 g/mol. The maximum absolute atomic E-state index is 12.4. The number of hydrogen-bond donors (Lipinski definition) is 2. The molecule has 1 amide bonds. The molecule has 1 aliphatic rings. The van der Waals surface area contributed by atoms with E-state index in [2.05, 4.69) is 22.8 Å². The molecule has 0 unspecified atom stereocenters. The fourth-order valence-corrected chi connectivity index (χ4v) is 4.69. The van der Waals surface area contributed by atoms with Crippen LogP contribution in [0.2, 0.25) is 0 Å². The summed E-state index contributed by atoms with van der Waals surface area (Å²) in [4.78, 5) is 27.0. The minimum atomic E-state index is -0.356. The minimum absolute atomic E-state index is 0.235. The molecule has 0 aliphatic carbocycles. The molecule has 2 aromatic rings. The number of amides is 1. The fourth-order valence-electron chi connectivity index (χ4n) is 3.34. The maximum atomic E-state index is 12.4. The van der Waals surface area contributed by atoms with Crippen LogP contribution in [0.1, 0.15) is 47.0 Å². The predicted octanol–water partition coefficient (Wildman–Crippen LogP) is 3.81. The van der Waals surface area contributed by atoms with Crippen molar-refractivity contribution in [3.63, 3.8) is 0 Å². The van der Waals surface area contributed by atoms with E-state index >= 15 is 0 Å². The molecule has 1 fully saturated rings. The normalized spacial score (nSPS) is 13.4. The van der Waals surface area contributed by atoms with Crippen LogP contribution in [0.5, 0.6) is 0 Å². The Kier molecular flexibility index (Phi) is 8.21. The van der Waals surface area contributed by atoms with Gasteiger partial charge in [0.15, 0.2) is 5.11 Å². The van der Waals surface area contributed by atoms with Gasteiger partial charge in [-0.25, -0.2) is 4.79 Å². The first kappa shape index (κ1) is 22.2. The van der Waals surface area contributed by atoms with Crippen LogP contribution in [-0.4, -0.2) is 48.1 Å². The molecule has 2 heterocycles. The summed E-state index contributed by atoms with van der Waals surface area (Å²) in [7, 11) is 0. The van der Waals surface area contributed by atoms with E-state index in [9.17, 15) is 9.59 Å².